The third kappa shape index (κ3) is 1.07. The standard InChI is InChI=1S/C7H7FN2O2/c8-4-6(11)9-5(3-1-2-3)10-7(4)12/h3H,1-2H2,(H2,9,10,11,12). The number of halogens is 1. The first-order valence-corrected chi connectivity index (χ1v) is 3.64. The molecular weight excluding hydrogens is 163 g/mol. The number of aromatic hydroxyl groups is 2. The molecule has 0 unspecified atom stereocenters. The predicted molar refractivity (Wildman–Crippen MR) is 37.3 cm³/mol. The Kier molecular flexibility index (Phi) is 1.39. The Hall–Kier alpha value is -1.39. The molecule has 1 aliphatic carbocycles. The number of hydrogen-bond donors (Lipinski definition) is 2. The lowest BCUT2D eigenvalue weighted by molar-refractivity contribution is 0.357. The third-order valence-corrected chi connectivity index (χ3v) is 1.78. The highest BCUT2D eigenvalue weighted by Gasteiger charge is 2.28. The van der Waals surface area contributed by atoms with E-state index in [4.69, 9.17) is 10.2 Å². The van der Waals surface area contributed by atoms with Crippen LogP contribution in [-0.2, 0) is 0 Å². The van der Waals surface area contributed by atoms with Gasteiger partial charge in [-0.1, -0.05) is 0 Å². The molecule has 1 aromatic rings. The number of hydrogen-bond acceptors (Lipinski definition) is 4. The van der Waals surface area contributed by atoms with Gasteiger partial charge in [-0.25, -0.2) is 0 Å². The largest absolute Gasteiger partial charge is 0.491 e. The van der Waals surface area contributed by atoms with E-state index in [1.165, 1.54) is 0 Å². The fourth-order valence-corrected chi connectivity index (χ4v) is 0.964. The second-order valence-electron chi connectivity index (χ2n) is 2.82. The first-order valence-electron chi connectivity index (χ1n) is 3.64. The molecule has 0 saturated heterocycles. The van der Waals surface area contributed by atoms with Crippen molar-refractivity contribution in [2.45, 2.75) is 18.8 Å². The van der Waals surface area contributed by atoms with E-state index in [0.29, 0.717) is 5.82 Å². The van der Waals surface area contributed by atoms with Gasteiger partial charge in [0.15, 0.2) is 0 Å². The second-order valence-corrected chi connectivity index (χ2v) is 2.82. The lowest BCUT2D eigenvalue weighted by Gasteiger charge is -1.99. The molecule has 0 spiro atoms. The molecule has 1 aliphatic rings. The van der Waals surface area contributed by atoms with E-state index in [0.717, 1.165) is 12.8 Å². The Morgan fingerprint density at radius 2 is 1.67 bits per heavy atom. The van der Waals surface area contributed by atoms with Crippen LogP contribution in [0.3, 0.4) is 0 Å². The Bertz CT molecular complexity index is 302. The van der Waals surface area contributed by atoms with E-state index in [2.05, 4.69) is 9.97 Å². The van der Waals surface area contributed by atoms with Gasteiger partial charge in [-0.05, 0) is 12.8 Å². The Morgan fingerprint density at radius 1 is 1.17 bits per heavy atom. The summed E-state index contributed by atoms with van der Waals surface area (Å²) in [7, 11) is 0. The summed E-state index contributed by atoms with van der Waals surface area (Å²) in [6.07, 6.45) is 1.87. The lowest BCUT2D eigenvalue weighted by atomic mass is 10.4. The highest BCUT2D eigenvalue weighted by atomic mass is 19.1. The van der Waals surface area contributed by atoms with E-state index < -0.39 is 17.6 Å². The third-order valence-electron chi connectivity index (χ3n) is 1.78. The van der Waals surface area contributed by atoms with Crippen LogP contribution in [0.25, 0.3) is 0 Å². The van der Waals surface area contributed by atoms with Crippen molar-refractivity contribution in [2.75, 3.05) is 0 Å². The quantitative estimate of drug-likeness (QED) is 0.657. The highest BCUT2D eigenvalue weighted by Crippen LogP contribution is 2.39. The summed E-state index contributed by atoms with van der Waals surface area (Å²) in [5, 5.41) is 17.7. The maximum absolute atomic E-state index is 12.6. The molecule has 1 saturated carbocycles. The van der Waals surface area contributed by atoms with Crippen LogP contribution < -0.4 is 0 Å². The molecule has 0 amide bonds. The van der Waals surface area contributed by atoms with Crippen LogP contribution in [0.2, 0.25) is 0 Å². The smallest absolute Gasteiger partial charge is 0.255 e. The number of rotatable bonds is 1. The molecule has 0 aromatic carbocycles. The number of nitrogens with zero attached hydrogens (tertiary/aromatic N) is 2. The Labute approximate surface area is 67.7 Å². The highest BCUT2D eigenvalue weighted by molar-refractivity contribution is 5.24. The fourth-order valence-electron chi connectivity index (χ4n) is 0.964. The van der Waals surface area contributed by atoms with Crippen molar-refractivity contribution in [1.82, 2.24) is 9.97 Å². The summed E-state index contributed by atoms with van der Waals surface area (Å²) in [6, 6.07) is 0. The van der Waals surface area contributed by atoms with Crippen molar-refractivity contribution >= 4 is 0 Å². The van der Waals surface area contributed by atoms with Crippen molar-refractivity contribution in [1.29, 1.82) is 0 Å². The van der Waals surface area contributed by atoms with Gasteiger partial charge in [0.25, 0.3) is 11.8 Å². The number of aromatic nitrogens is 2. The molecule has 5 heteroatoms. The van der Waals surface area contributed by atoms with Crippen LogP contribution in [0.5, 0.6) is 11.8 Å². The molecule has 64 valence electrons. The predicted octanol–water partition coefficient (Wildman–Crippen LogP) is 0.904. The molecule has 2 rings (SSSR count). The van der Waals surface area contributed by atoms with Crippen molar-refractivity contribution in [2.24, 2.45) is 0 Å². The zero-order valence-electron chi connectivity index (χ0n) is 6.16. The zero-order chi connectivity index (χ0) is 8.72. The SMILES string of the molecule is Oc1nc(C2CC2)nc(O)c1F. The molecule has 4 nitrogen and oxygen atoms in total. The van der Waals surface area contributed by atoms with E-state index >= 15 is 0 Å². The van der Waals surface area contributed by atoms with E-state index in [1.807, 2.05) is 0 Å². The average molecular weight is 170 g/mol. The normalized spacial score (nSPS) is 16.4. The van der Waals surface area contributed by atoms with E-state index in [9.17, 15) is 4.39 Å². The molecule has 1 fully saturated rings. The lowest BCUT2D eigenvalue weighted by Crippen LogP contribution is -1.95. The summed E-state index contributed by atoms with van der Waals surface area (Å²) in [6.45, 7) is 0. The van der Waals surface area contributed by atoms with E-state index in [1.54, 1.807) is 0 Å². The minimum absolute atomic E-state index is 0.183. The molecule has 1 aromatic heterocycles. The molecule has 1 heterocycles. The van der Waals surface area contributed by atoms with Crippen molar-refractivity contribution in [3.63, 3.8) is 0 Å². The summed E-state index contributed by atoms with van der Waals surface area (Å²) >= 11 is 0. The van der Waals surface area contributed by atoms with Gasteiger partial charge in [-0.15, -0.1) is 0 Å². The zero-order valence-corrected chi connectivity index (χ0v) is 6.16. The molecule has 0 atom stereocenters. The van der Waals surface area contributed by atoms with Crippen molar-refractivity contribution < 1.29 is 14.6 Å². The molecule has 0 aliphatic heterocycles. The molecule has 12 heavy (non-hydrogen) atoms. The van der Waals surface area contributed by atoms with Crippen LogP contribution in [0.1, 0.15) is 24.6 Å². The maximum atomic E-state index is 12.6. The molecule has 0 bridgehead atoms. The van der Waals surface area contributed by atoms with Gasteiger partial charge in [0.05, 0.1) is 0 Å². The fraction of sp³-hybridized carbons (Fsp3) is 0.429. The van der Waals surface area contributed by atoms with Crippen LogP contribution in [-0.4, -0.2) is 20.2 Å². The Morgan fingerprint density at radius 3 is 2.08 bits per heavy atom. The van der Waals surface area contributed by atoms with E-state index in [-0.39, 0.29) is 5.92 Å². The molecule has 2 N–H and O–H groups in total. The first kappa shape index (κ1) is 7.27. The van der Waals surface area contributed by atoms with Crippen molar-refractivity contribution in [3.8, 4) is 11.8 Å². The van der Waals surface area contributed by atoms with Crippen LogP contribution in [0.4, 0.5) is 4.39 Å². The second kappa shape index (κ2) is 2.30. The monoisotopic (exact) mass is 170 g/mol. The van der Waals surface area contributed by atoms with Gasteiger partial charge in [-0.3, -0.25) is 0 Å². The van der Waals surface area contributed by atoms with Crippen LogP contribution in [0.15, 0.2) is 0 Å². The molecular formula is C7H7FN2O2. The van der Waals surface area contributed by atoms with Gasteiger partial charge in [0.2, 0.25) is 5.82 Å². The Balaban J connectivity index is 2.45. The summed E-state index contributed by atoms with van der Waals surface area (Å²) in [4.78, 5) is 7.01. The topological polar surface area (TPSA) is 66.2 Å². The summed E-state index contributed by atoms with van der Waals surface area (Å²) < 4.78 is 12.6. The van der Waals surface area contributed by atoms with Gasteiger partial charge in [0.1, 0.15) is 5.82 Å². The van der Waals surface area contributed by atoms with Gasteiger partial charge in [0, 0.05) is 5.92 Å². The van der Waals surface area contributed by atoms with Gasteiger partial charge < -0.3 is 10.2 Å². The van der Waals surface area contributed by atoms with Crippen molar-refractivity contribution in [3.05, 3.63) is 11.6 Å². The van der Waals surface area contributed by atoms with Crippen LogP contribution in [0, 0.1) is 5.82 Å². The summed E-state index contributed by atoms with van der Waals surface area (Å²) in [5.74, 6) is -2.19. The summed E-state index contributed by atoms with van der Waals surface area (Å²) in [5.41, 5.74) is 0. The van der Waals surface area contributed by atoms with Gasteiger partial charge >= 0.3 is 0 Å². The maximum Gasteiger partial charge on any atom is 0.255 e. The minimum atomic E-state index is -1.15. The average Bonchev–Trinajstić information content (AvgIpc) is 2.81. The molecule has 0 radical (unpaired) electrons. The van der Waals surface area contributed by atoms with Gasteiger partial charge in [-0.2, -0.15) is 14.4 Å². The van der Waals surface area contributed by atoms with Crippen LogP contribution >= 0.6 is 0 Å². The minimum Gasteiger partial charge on any atom is -0.491 e. The first-order chi connectivity index (χ1) is 5.68.